The van der Waals surface area contributed by atoms with E-state index in [2.05, 4.69) is 88.6 Å². The fourth-order valence-electron chi connectivity index (χ4n) is 7.61. The largest absolute Gasteiger partial charge is 0.310 e. The summed E-state index contributed by atoms with van der Waals surface area (Å²) in [4.78, 5) is 6.32. The maximum Gasteiger partial charge on any atom is 0.202 e. The van der Waals surface area contributed by atoms with E-state index in [0.717, 1.165) is 51.2 Å². The normalized spacial score (nSPS) is 14.0. The van der Waals surface area contributed by atoms with Gasteiger partial charge in [0.15, 0.2) is 0 Å². The Morgan fingerprint density at radius 1 is 0.553 bits per heavy atom. The van der Waals surface area contributed by atoms with Crippen molar-refractivity contribution in [3.8, 4) is 6.07 Å². The summed E-state index contributed by atoms with van der Waals surface area (Å²) >= 11 is 0. The Morgan fingerprint density at radius 2 is 1.09 bits per heavy atom. The van der Waals surface area contributed by atoms with Crippen molar-refractivity contribution in [3.05, 3.63) is 153 Å². The van der Waals surface area contributed by atoms with Crippen molar-refractivity contribution >= 4 is 56.4 Å². The zero-order chi connectivity index (χ0) is 31.7. The highest BCUT2D eigenvalue weighted by Crippen LogP contribution is 2.40. The Kier molecular flexibility index (Phi) is 7.53. The van der Waals surface area contributed by atoms with Gasteiger partial charge >= 0.3 is 0 Å². The van der Waals surface area contributed by atoms with Gasteiger partial charge in [-0.2, -0.15) is 5.26 Å². The summed E-state index contributed by atoms with van der Waals surface area (Å²) in [6.07, 6.45) is 14.0. The van der Waals surface area contributed by atoms with E-state index in [-0.39, 0.29) is 0 Å². The molecule has 0 heterocycles. The van der Waals surface area contributed by atoms with Crippen LogP contribution in [0.25, 0.3) is 38.5 Å². The predicted octanol–water partition coefficient (Wildman–Crippen LogP) is 11.8. The molecule has 6 aromatic rings. The van der Waals surface area contributed by atoms with Crippen molar-refractivity contribution in [1.82, 2.24) is 0 Å². The molecule has 0 N–H and O–H groups in total. The van der Waals surface area contributed by atoms with Crippen LogP contribution in [0, 0.1) is 17.9 Å². The van der Waals surface area contributed by atoms with Crippen LogP contribution in [0.1, 0.15) is 64.6 Å². The first kappa shape index (κ1) is 28.8. The van der Waals surface area contributed by atoms with Crippen LogP contribution >= 0.6 is 0 Å². The first-order valence-electron chi connectivity index (χ1n) is 16.8. The summed E-state index contributed by atoms with van der Waals surface area (Å²) in [5, 5.41) is 13.3. The monoisotopic (exact) mass is 605 g/mol. The van der Waals surface area contributed by atoms with Crippen molar-refractivity contribution in [3.63, 3.8) is 0 Å². The summed E-state index contributed by atoms with van der Waals surface area (Å²) in [6.45, 7) is 7.93. The van der Waals surface area contributed by atoms with E-state index >= 15 is 0 Å². The van der Waals surface area contributed by atoms with Crippen molar-refractivity contribution in [2.45, 2.75) is 51.4 Å². The van der Waals surface area contributed by atoms with Gasteiger partial charge < -0.3 is 4.90 Å². The van der Waals surface area contributed by atoms with E-state index in [1.165, 1.54) is 72.2 Å². The molecular formula is C44H35N3. The summed E-state index contributed by atoms with van der Waals surface area (Å²) in [7, 11) is 0. The van der Waals surface area contributed by atoms with E-state index in [9.17, 15) is 5.26 Å². The van der Waals surface area contributed by atoms with E-state index in [1.807, 2.05) is 42.5 Å². The number of benzene rings is 6. The molecular weight excluding hydrogens is 571 g/mol. The molecule has 0 aliphatic heterocycles. The lowest BCUT2D eigenvalue weighted by atomic mass is 9.90. The van der Waals surface area contributed by atoms with Crippen LogP contribution in [0.4, 0.5) is 22.7 Å². The Hall–Kier alpha value is -5.64. The first-order valence-corrected chi connectivity index (χ1v) is 16.8. The number of hydrogen-bond donors (Lipinski definition) is 0. The lowest BCUT2D eigenvalue weighted by molar-refractivity contribution is 0.685. The van der Waals surface area contributed by atoms with Crippen LogP contribution in [0.3, 0.4) is 0 Å². The Morgan fingerprint density at radius 3 is 1.70 bits per heavy atom. The number of hydrogen-bond acceptors (Lipinski definition) is 2. The van der Waals surface area contributed by atoms with Crippen molar-refractivity contribution in [2.75, 3.05) is 4.90 Å². The van der Waals surface area contributed by atoms with Crippen LogP contribution in [0.5, 0.6) is 0 Å². The van der Waals surface area contributed by atoms with Gasteiger partial charge in [0.1, 0.15) is 6.07 Å². The molecule has 47 heavy (non-hydrogen) atoms. The molecule has 0 saturated carbocycles. The molecule has 0 radical (unpaired) electrons. The molecule has 0 fully saturated rings. The van der Waals surface area contributed by atoms with Crippen molar-refractivity contribution in [2.24, 2.45) is 0 Å². The summed E-state index contributed by atoms with van der Waals surface area (Å²) in [5.74, 6) is 0. The highest BCUT2D eigenvalue weighted by Gasteiger charge is 2.19. The zero-order valence-electron chi connectivity index (χ0n) is 26.5. The van der Waals surface area contributed by atoms with Crippen LogP contribution in [0.15, 0.2) is 103 Å². The number of nitrogens with zero attached hydrogens (tertiary/aromatic N) is 3. The molecule has 3 heteroatoms. The number of anilines is 3. The molecule has 0 unspecified atom stereocenters. The Labute approximate surface area is 276 Å². The van der Waals surface area contributed by atoms with Crippen LogP contribution < -0.4 is 4.90 Å². The van der Waals surface area contributed by atoms with E-state index in [1.54, 1.807) is 0 Å². The molecule has 6 aromatic carbocycles. The van der Waals surface area contributed by atoms with Gasteiger partial charge in [0, 0.05) is 17.1 Å². The molecule has 0 spiro atoms. The Balaban J connectivity index is 1.14. The maximum absolute atomic E-state index is 9.99. The molecule has 0 aromatic heterocycles. The summed E-state index contributed by atoms with van der Waals surface area (Å²) in [5.41, 5.74) is 12.9. The van der Waals surface area contributed by atoms with Gasteiger partial charge in [0.05, 0.1) is 12.1 Å². The lowest BCUT2D eigenvalue weighted by Crippen LogP contribution is -2.13. The molecule has 0 saturated heterocycles. The fraction of sp³-hybridized carbons (Fsp3) is 0.182. The third-order valence-electron chi connectivity index (χ3n) is 10.0. The molecule has 8 rings (SSSR count). The second-order valence-corrected chi connectivity index (χ2v) is 12.9. The minimum Gasteiger partial charge on any atom is -0.310 e. The first-order chi connectivity index (χ1) is 23.2. The van der Waals surface area contributed by atoms with Crippen LogP contribution in [-0.2, 0) is 25.7 Å². The molecule has 2 aliphatic rings. The maximum atomic E-state index is 9.99. The molecule has 0 amide bonds. The van der Waals surface area contributed by atoms with Gasteiger partial charge in [-0.1, -0.05) is 78.9 Å². The van der Waals surface area contributed by atoms with Gasteiger partial charge in [0.2, 0.25) is 5.69 Å². The predicted molar refractivity (Wildman–Crippen MR) is 196 cm³/mol. The lowest BCUT2D eigenvalue weighted by Gasteiger charge is -2.29. The average Bonchev–Trinajstić information content (AvgIpc) is 3.13. The average molecular weight is 606 g/mol. The second-order valence-electron chi connectivity index (χ2n) is 12.9. The van der Waals surface area contributed by atoms with Gasteiger partial charge in [-0.25, -0.2) is 4.85 Å². The minimum atomic E-state index is 0.596. The highest BCUT2D eigenvalue weighted by molar-refractivity contribution is 6.15. The van der Waals surface area contributed by atoms with E-state index in [0.29, 0.717) is 11.3 Å². The number of aryl methyl sites for hydroxylation is 4. The minimum absolute atomic E-state index is 0.596. The van der Waals surface area contributed by atoms with Crippen molar-refractivity contribution < 1.29 is 0 Å². The third kappa shape index (κ3) is 5.35. The Bertz CT molecular complexity index is 2220. The summed E-state index contributed by atoms with van der Waals surface area (Å²) < 4.78 is 0. The quantitative estimate of drug-likeness (QED) is 0.111. The second kappa shape index (κ2) is 12.3. The van der Waals surface area contributed by atoms with E-state index < -0.39 is 0 Å². The van der Waals surface area contributed by atoms with Crippen molar-refractivity contribution in [1.29, 1.82) is 5.26 Å². The van der Waals surface area contributed by atoms with E-state index in [4.69, 9.17) is 6.57 Å². The smallest absolute Gasteiger partial charge is 0.202 e. The molecule has 0 bridgehead atoms. The molecule has 3 nitrogen and oxygen atoms in total. The third-order valence-corrected chi connectivity index (χ3v) is 10.0. The number of fused-ring (bicyclic) bond motifs is 4. The van der Waals surface area contributed by atoms with Gasteiger partial charge in [-0.3, -0.25) is 0 Å². The van der Waals surface area contributed by atoms with Gasteiger partial charge in [-0.05, 0) is 143 Å². The number of nitriles is 1. The van der Waals surface area contributed by atoms with Gasteiger partial charge in [0.25, 0.3) is 0 Å². The standard InChI is InChI=1S/C44H35N3/c1-46-44-41-13-7-6-12-39(41)43(29-45)40-25-18-31(26-42(40)44)15-14-30-16-21-36(22-17-30)47(37-23-19-32-8-2-4-10-34(32)27-37)38-24-20-33-9-3-5-11-35(33)28-38/h6-7,12-28H,2-5,8-11H2. The SMILES string of the molecule is [C-]#[N+]c1c2ccccc2c(C#N)c2ccc(C=Cc3ccc(N(c4ccc5c(c4)CCCC5)c4ccc5c(c4)CCCC5)cc3)cc12. The topological polar surface area (TPSA) is 31.4 Å². The van der Waals surface area contributed by atoms with Crippen LogP contribution in [-0.4, -0.2) is 0 Å². The fourth-order valence-corrected chi connectivity index (χ4v) is 7.61. The number of rotatable bonds is 5. The molecule has 0 atom stereocenters. The molecule has 2 aliphatic carbocycles. The summed E-state index contributed by atoms with van der Waals surface area (Å²) in [6, 6.07) is 39.1. The molecule has 226 valence electrons. The highest BCUT2D eigenvalue weighted by atomic mass is 15.1. The van der Waals surface area contributed by atoms with Gasteiger partial charge in [-0.15, -0.1) is 0 Å². The van der Waals surface area contributed by atoms with Crippen LogP contribution in [0.2, 0.25) is 0 Å². The zero-order valence-corrected chi connectivity index (χ0v) is 26.5.